The summed E-state index contributed by atoms with van der Waals surface area (Å²) in [5, 5.41) is 13.4. The Labute approximate surface area is 173 Å². The molecule has 5 aromatic rings. The topological polar surface area (TPSA) is 95.2 Å². The van der Waals surface area contributed by atoms with Crippen LogP contribution in [-0.2, 0) is 0 Å². The summed E-state index contributed by atoms with van der Waals surface area (Å²) in [6.45, 7) is 2.10. The highest BCUT2D eigenvalue weighted by molar-refractivity contribution is 6.00. The van der Waals surface area contributed by atoms with Gasteiger partial charge in [0.15, 0.2) is 0 Å². The maximum absolute atomic E-state index is 4.71. The SMILES string of the molecule is c1cncc(-c2cncc3[nH]c(-c4n[nH]c5cnc(C6CCNCC6)cc45)cc23)c1. The number of nitrogens with one attached hydrogen (secondary N) is 3. The summed E-state index contributed by atoms with van der Waals surface area (Å²) in [6.07, 6.45) is 11.5. The highest BCUT2D eigenvalue weighted by Crippen LogP contribution is 2.34. The Kier molecular flexibility index (Phi) is 4.06. The molecule has 0 unspecified atom stereocenters. The number of nitrogens with zero attached hydrogens (tertiary/aromatic N) is 4. The molecule has 0 amide bonds. The van der Waals surface area contributed by atoms with E-state index in [-0.39, 0.29) is 0 Å². The van der Waals surface area contributed by atoms with Crippen molar-refractivity contribution in [3.8, 4) is 22.5 Å². The third-order valence-electron chi connectivity index (χ3n) is 6.00. The van der Waals surface area contributed by atoms with Crippen LogP contribution in [0.25, 0.3) is 44.3 Å². The quantitative estimate of drug-likeness (QED) is 0.429. The molecule has 0 atom stereocenters. The number of hydrogen-bond acceptors (Lipinski definition) is 5. The van der Waals surface area contributed by atoms with Crippen LogP contribution in [0.15, 0.2) is 55.2 Å². The molecule has 0 spiro atoms. The first-order chi connectivity index (χ1) is 14.9. The molecule has 6 rings (SSSR count). The number of aromatic amines is 2. The third kappa shape index (κ3) is 2.86. The normalized spacial score (nSPS) is 15.2. The summed E-state index contributed by atoms with van der Waals surface area (Å²) in [5.41, 5.74) is 7.07. The molecule has 1 aliphatic rings. The van der Waals surface area contributed by atoms with Gasteiger partial charge in [0.1, 0.15) is 5.69 Å². The Morgan fingerprint density at radius 2 is 1.83 bits per heavy atom. The van der Waals surface area contributed by atoms with Crippen molar-refractivity contribution >= 4 is 21.8 Å². The second-order valence-corrected chi connectivity index (χ2v) is 7.82. The first-order valence-electron chi connectivity index (χ1n) is 10.3. The van der Waals surface area contributed by atoms with Crippen molar-refractivity contribution in [3.63, 3.8) is 0 Å². The number of hydrogen-bond donors (Lipinski definition) is 3. The van der Waals surface area contributed by atoms with Gasteiger partial charge in [-0.1, -0.05) is 6.07 Å². The van der Waals surface area contributed by atoms with Crippen LogP contribution in [0.2, 0.25) is 0 Å². The lowest BCUT2D eigenvalue weighted by atomic mass is 9.93. The first kappa shape index (κ1) is 17.3. The van der Waals surface area contributed by atoms with Gasteiger partial charge in [-0.3, -0.25) is 20.1 Å². The molecular weight excluding hydrogens is 374 g/mol. The van der Waals surface area contributed by atoms with Crippen LogP contribution in [-0.4, -0.2) is 43.2 Å². The zero-order chi connectivity index (χ0) is 19.9. The number of rotatable bonds is 3. The molecule has 148 valence electrons. The van der Waals surface area contributed by atoms with Crippen molar-refractivity contribution in [1.82, 2.24) is 35.5 Å². The zero-order valence-electron chi connectivity index (χ0n) is 16.4. The van der Waals surface area contributed by atoms with Crippen molar-refractivity contribution in [2.75, 3.05) is 13.1 Å². The van der Waals surface area contributed by atoms with Crippen LogP contribution in [0.5, 0.6) is 0 Å². The van der Waals surface area contributed by atoms with E-state index < -0.39 is 0 Å². The van der Waals surface area contributed by atoms with Gasteiger partial charge in [-0.2, -0.15) is 5.10 Å². The van der Waals surface area contributed by atoms with Gasteiger partial charge in [0.05, 0.1) is 29.1 Å². The van der Waals surface area contributed by atoms with E-state index in [1.165, 1.54) is 0 Å². The molecule has 0 bridgehead atoms. The highest BCUT2D eigenvalue weighted by Gasteiger charge is 2.19. The van der Waals surface area contributed by atoms with Gasteiger partial charge >= 0.3 is 0 Å². The summed E-state index contributed by atoms with van der Waals surface area (Å²) in [5.74, 6) is 0.502. The van der Waals surface area contributed by atoms with Crippen molar-refractivity contribution in [2.24, 2.45) is 0 Å². The minimum Gasteiger partial charge on any atom is -0.352 e. The minimum absolute atomic E-state index is 0.502. The van der Waals surface area contributed by atoms with E-state index >= 15 is 0 Å². The Bertz CT molecular complexity index is 1330. The second-order valence-electron chi connectivity index (χ2n) is 7.82. The number of H-pyrrole nitrogens is 2. The maximum Gasteiger partial charge on any atom is 0.116 e. The number of fused-ring (bicyclic) bond motifs is 2. The van der Waals surface area contributed by atoms with Crippen molar-refractivity contribution < 1.29 is 0 Å². The fourth-order valence-corrected chi connectivity index (χ4v) is 4.41. The Hall–Kier alpha value is -3.58. The zero-order valence-corrected chi connectivity index (χ0v) is 16.4. The number of aromatic nitrogens is 6. The molecule has 7 nitrogen and oxygen atoms in total. The van der Waals surface area contributed by atoms with Gasteiger partial charge in [0.25, 0.3) is 0 Å². The Balaban J connectivity index is 1.47. The Morgan fingerprint density at radius 3 is 2.70 bits per heavy atom. The lowest BCUT2D eigenvalue weighted by Crippen LogP contribution is -2.27. The van der Waals surface area contributed by atoms with Crippen molar-refractivity contribution in [2.45, 2.75) is 18.8 Å². The number of piperidine rings is 1. The molecule has 1 fully saturated rings. The third-order valence-corrected chi connectivity index (χ3v) is 6.00. The summed E-state index contributed by atoms with van der Waals surface area (Å²) in [4.78, 5) is 16.9. The average molecular weight is 395 g/mol. The highest BCUT2D eigenvalue weighted by atomic mass is 15.1. The summed E-state index contributed by atoms with van der Waals surface area (Å²) in [6, 6.07) is 8.35. The van der Waals surface area contributed by atoms with Crippen LogP contribution >= 0.6 is 0 Å². The smallest absolute Gasteiger partial charge is 0.116 e. The molecule has 5 aromatic heterocycles. The van der Waals surface area contributed by atoms with E-state index in [0.717, 1.165) is 75.9 Å². The van der Waals surface area contributed by atoms with E-state index in [9.17, 15) is 0 Å². The average Bonchev–Trinajstić information content (AvgIpc) is 3.43. The monoisotopic (exact) mass is 395 g/mol. The standard InChI is InChI=1S/C23H21N7/c1-2-15(10-25-5-1)18-11-26-12-21-16(18)8-20(28-21)23-17-9-19(14-3-6-24-7-4-14)27-13-22(17)29-30-23/h1-2,5,8-14,24,28H,3-4,6-7H2,(H,29,30). The molecule has 0 aromatic carbocycles. The van der Waals surface area contributed by atoms with Crippen LogP contribution in [0, 0.1) is 0 Å². The fraction of sp³-hybridized carbons (Fsp3) is 0.217. The molecule has 1 saturated heterocycles. The van der Waals surface area contributed by atoms with Crippen LogP contribution in [0.4, 0.5) is 0 Å². The maximum atomic E-state index is 4.71. The van der Waals surface area contributed by atoms with Gasteiger partial charge in [0, 0.05) is 52.1 Å². The molecule has 1 aliphatic heterocycles. The molecule has 6 heterocycles. The molecule has 3 N–H and O–H groups in total. The van der Waals surface area contributed by atoms with Crippen LogP contribution in [0.3, 0.4) is 0 Å². The molecular formula is C23H21N7. The van der Waals surface area contributed by atoms with Crippen molar-refractivity contribution in [1.29, 1.82) is 0 Å². The fourth-order valence-electron chi connectivity index (χ4n) is 4.41. The van der Waals surface area contributed by atoms with E-state index in [1.54, 1.807) is 6.20 Å². The minimum atomic E-state index is 0.502. The van der Waals surface area contributed by atoms with E-state index in [2.05, 4.69) is 48.7 Å². The van der Waals surface area contributed by atoms with E-state index in [0.29, 0.717) is 5.92 Å². The molecule has 0 aliphatic carbocycles. The van der Waals surface area contributed by atoms with Crippen LogP contribution in [0.1, 0.15) is 24.5 Å². The predicted molar refractivity (Wildman–Crippen MR) is 117 cm³/mol. The van der Waals surface area contributed by atoms with E-state index in [1.807, 2.05) is 30.9 Å². The largest absolute Gasteiger partial charge is 0.352 e. The molecule has 30 heavy (non-hydrogen) atoms. The van der Waals surface area contributed by atoms with Gasteiger partial charge in [-0.15, -0.1) is 0 Å². The molecule has 0 saturated carbocycles. The number of pyridine rings is 3. The van der Waals surface area contributed by atoms with Gasteiger partial charge in [0.2, 0.25) is 0 Å². The summed E-state index contributed by atoms with van der Waals surface area (Å²) < 4.78 is 0. The van der Waals surface area contributed by atoms with Gasteiger partial charge < -0.3 is 10.3 Å². The molecule has 0 radical (unpaired) electrons. The summed E-state index contributed by atoms with van der Waals surface area (Å²) >= 11 is 0. The van der Waals surface area contributed by atoms with Crippen LogP contribution < -0.4 is 5.32 Å². The van der Waals surface area contributed by atoms with E-state index in [4.69, 9.17) is 4.98 Å². The first-order valence-corrected chi connectivity index (χ1v) is 10.3. The predicted octanol–water partition coefficient (Wildman–Crippen LogP) is 4.03. The summed E-state index contributed by atoms with van der Waals surface area (Å²) in [7, 11) is 0. The second kappa shape index (κ2) is 7.03. The van der Waals surface area contributed by atoms with Gasteiger partial charge in [-0.25, -0.2) is 0 Å². The Morgan fingerprint density at radius 1 is 0.900 bits per heavy atom. The lowest BCUT2D eigenvalue weighted by molar-refractivity contribution is 0.453. The van der Waals surface area contributed by atoms with Gasteiger partial charge in [-0.05, 0) is 44.1 Å². The molecule has 7 heteroatoms. The lowest BCUT2D eigenvalue weighted by Gasteiger charge is -2.22. The van der Waals surface area contributed by atoms with Crippen molar-refractivity contribution in [3.05, 3.63) is 60.9 Å².